The van der Waals surface area contributed by atoms with Crippen LogP contribution in [-0.2, 0) is 0 Å². The zero-order valence-corrected chi connectivity index (χ0v) is 15.7. The molecule has 0 fully saturated rings. The predicted octanol–water partition coefficient (Wildman–Crippen LogP) is 5.31. The lowest BCUT2D eigenvalue weighted by molar-refractivity contribution is 0.920. The molecule has 0 saturated carbocycles. The number of benzene rings is 1. The molecule has 0 amide bonds. The normalized spacial score (nSPS) is 17.2. The van der Waals surface area contributed by atoms with Crippen molar-refractivity contribution in [2.75, 3.05) is 0 Å². The summed E-state index contributed by atoms with van der Waals surface area (Å²) in [6.07, 6.45) is 17.0. The molecule has 0 unspecified atom stereocenters. The van der Waals surface area contributed by atoms with Crippen molar-refractivity contribution in [1.82, 2.24) is 0 Å². The number of rotatable bonds is 7. The van der Waals surface area contributed by atoms with Crippen LogP contribution in [0.25, 0.3) is 0 Å². The van der Waals surface area contributed by atoms with Gasteiger partial charge in [-0.1, -0.05) is 108 Å². The van der Waals surface area contributed by atoms with Gasteiger partial charge in [0.1, 0.15) is 8.80 Å². The number of hydrogen-bond donors (Lipinski definition) is 0. The number of allylic oxidation sites excluding steroid dienone is 8. The van der Waals surface area contributed by atoms with Crippen molar-refractivity contribution in [3.05, 3.63) is 76.2 Å². The lowest BCUT2D eigenvalue weighted by Crippen LogP contribution is -2.35. The summed E-state index contributed by atoms with van der Waals surface area (Å²) in [4.78, 5) is 0. The summed E-state index contributed by atoms with van der Waals surface area (Å²) in [6.45, 7) is 4.60. The van der Waals surface area contributed by atoms with Crippen molar-refractivity contribution >= 4 is 14.0 Å². The van der Waals surface area contributed by atoms with E-state index < -0.39 is 8.80 Å². The maximum Gasteiger partial charge on any atom is 0.125 e. The Kier molecular flexibility index (Phi) is 5.50. The Bertz CT molecular complexity index is 618. The lowest BCUT2D eigenvalue weighted by Gasteiger charge is -2.23. The Morgan fingerprint density at radius 1 is 0.783 bits per heavy atom. The average molecular weight is 321 g/mol. The molecule has 0 aliphatic heterocycles. The van der Waals surface area contributed by atoms with E-state index in [1.807, 2.05) is 0 Å². The molecular weight excluding hydrogens is 292 g/mol. The van der Waals surface area contributed by atoms with Crippen LogP contribution in [0.5, 0.6) is 0 Å². The monoisotopic (exact) mass is 320 g/mol. The maximum atomic E-state index is 2.41. The summed E-state index contributed by atoms with van der Waals surface area (Å²) in [7, 11) is -1.24. The summed E-state index contributed by atoms with van der Waals surface area (Å²) in [5, 5.41) is 5.17. The minimum Gasteiger partial charge on any atom is -0.0806 e. The van der Waals surface area contributed by atoms with Crippen LogP contribution in [-0.4, -0.2) is 8.80 Å². The van der Waals surface area contributed by atoms with Crippen LogP contribution >= 0.6 is 0 Å². The van der Waals surface area contributed by atoms with E-state index in [2.05, 4.69) is 68.5 Å². The third-order valence-electron chi connectivity index (χ3n) is 5.01. The van der Waals surface area contributed by atoms with Crippen LogP contribution in [0.1, 0.15) is 52.4 Å². The van der Waals surface area contributed by atoms with Gasteiger partial charge in [-0.15, -0.1) is 0 Å². The quantitative estimate of drug-likeness (QED) is 0.597. The maximum absolute atomic E-state index is 2.41. The highest BCUT2D eigenvalue weighted by Crippen LogP contribution is 2.33. The zero-order valence-electron chi connectivity index (χ0n) is 14.5. The van der Waals surface area contributed by atoms with Crippen LogP contribution in [0.15, 0.2) is 76.2 Å². The largest absolute Gasteiger partial charge is 0.125 e. The third kappa shape index (κ3) is 3.50. The fourth-order valence-corrected chi connectivity index (χ4v) is 7.82. The topological polar surface area (TPSA) is 0 Å². The summed E-state index contributed by atoms with van der Waals surface area (Å²) in [6, 6.07) is 11.3. The highest BCUT2D eigenvalue weighted by molar-refractivity contribution is 6.86. The number of hydrogen-bond acceptors (Lipinski definition) is 0. The molecule has 1 aromatic carbocycles. The molecule has 0 bridgehead atoms. The predicted molar refractivity (Wildman–Crippen MR) is 105 cm³/mol. The molecule has 0 atom stereocenters. The summed E-state index contributed by atoms with van der Waals surface area (Å²) < 4.78 is 0. The van der Waals surface area contributed by atoms with Crippen molar-refractivity contribution in [3.8, 4) is 0 Å². The molecule has 3 rings (SSSR count). The Morgan fingerprint density at radius 2 is 1.30 bits per heavy atom. The van der Waals surface area contributed by atoms with E-state index in [1.54, 1.807) is 26.7 Å². The first-order valence-electron chi connectivity index (χ1n) is 9.17. The Hall–Kier alpha value is -1.60. The van der Waals surface area contributed by atoms with Gasteiger partial charge in [-0.2, -0.15) is 0 Å². The molecule has 0 radical (unpaired) electrons. The molecule has 2 aliphatic carbocycles. The third-order valence-corrected chi connectivity index (χ3v) is 8.67. The van der Waals surface area contributed by atoms with Crippen molar-refractivity contribution in [3.63, 3.8) is 0 Å². The van der Waals surface area contributed by atoms with Crippen molar-refractivity contribution < 1.29 is 0 Å². The van der Waals surface area contributed by atoms with E-state index in [-0.39, 0.29) is 0 Å². The molecule has 0 heterocycles. The van der Waals surface area contributed by atoms with Gasteiger partial charge in [-0.3, -0.25) is 0 Å². The van der Waals surface area contributed by atoms with Gasteiger partial charge >= 0.3 is 0 Å². The van der Waals surface area contributed by atoms with E-state index in [0.717, 1.165) is 0 Å². The molecule has 0 N–H and O–H groups in total. The summed E-state index contributed by atoms with van der Waals surface area (Å²) in [5.41, 5.74) is 3.28. The van der Waals surface area contributed by atoms with Gasteiger partial charge in [0.15, 0.2) is 0 Å². The van der Waals surface area contributed by atoms with Gasteiger partial charge < -0.3 is 0 Å². The van der Waals surface area contributed by atoms with Gasteiger partial charge in [0, 0.05) is 0 Å². The van der Waals surface area contributed by atoms with Gasteiger partial charge in [-0.25, -0.2) is 0 Å². The minimum absolute atomic E-state index is 1.18. The molecule has 0 spiro atoms. The SMILES string of the molecule is CCCC1=C([SiH](C2=C(CCC)C=CC2)c2ccccc2)CC=C1. The highest BCUT2D eigenvalue weighted by atomic mass is 28.3. The van der Waals surface area contributed by atoms with Gasteiger partial charge in [0.05, 0.1) is 0 Å². The smallest absolute Gasteiger partial charge is 0.0806 e. The van der Waals surface area contributed by atoms with Crippen LogP contribution in [0, 0.1) is 0 Å². The van der Waals surface area contributed by atoms with Gasteiger partial charge in [0.25, 0.3) is 0 Å². The van der Waals surface area contributed by atoms with E-state index in [0.29, 0.717) is 0 Å². The fraction of sp³-hybridized carbons (Fsp3) is 0.364. The van der Waals surface area contributed by atoms with Crippen LogP contribution in [0.3, 0.4) is 0 Å². The molecule has 0 aromatic heterocycles. The molecule has 0 saturated heterocycles. The van der Waals surface area contributed by atoms with Crippen LogP contribution < -0.4 is 5.19 Å². The Labute approximate surface area is 142 Å². The van der Waals surface area contributed by atoms with E-state index >= 15 is 0 Å². The second-order valence-corrected chi connectivity index (χ2v) is 9.58. The molecule has 23 heavy (non-hydrogen) atoms. The average Bonchev–Trinajstić information content (AvgIpc) is 3.21. The standard InChI is InChI=1S/C22H28Si/c1-3-10-18-12-8-16-21(18)23(20-14-6-5-7-15-20)22-17-9-13-19(22)11-4-2/h5-9,12-15,23H,3-4,10-11,16-17H2,1-2H3. The molecule has 1 heteroatoms. The fourth-order valence-electron chi connectivity index (χ4n) is 4.02. The first-order valence-corrected chi connectivity index (χ1v) is 10.9. The first-order chi connectivity index (χ1) is 11.3. The Balaban J connectivity index is 2.06. The molecule has 0 nitrogen and oxygen atoms in total. The van der Waals surface area contributed by atoms with Crippen LogP contribution in [0.4, 0.5) is 0 Å². The lowest BCUT2D eigenvalue weighted by atomic mass is 10.2. The molecule has 1 aromatic rings. The highest BCUT2D eigenvalue weighted by Gasteiger charge is 2.28. The van der Waals surface area contributed by atoms with E-state index in [4.69, 9.17) is 0 Å². The van der Waals surface area contributed by atoms with Crippen LogP contribution in [0.2, 0.25) is 0 Å². The van der Waals surface area contributed by atoms with Crippen molar-refractivity contribution in [2.24, 2.45) is 0 Å². The van der Waals surface area contributed by atoms with E-state index in [9.17, 15) is 0 Å². The van der Waals surface area contributed by atoms with Gasteiger partial charge in [-0.05, 0) is 25.7 Å². The zero-order chi connectivity index (χ0) is 16.1. The van der Waals surface area contributed by atoms with Crippen molar-refractivity contribution in [2.45, 2.75) is 52.4 Å². The summed E-state index contributed by atoms with van der Waals surface area (Å²) >= 11 is 0. The summed E-state index contributed by atoms with van der Waals surface area (Å²) in [5.74, 6) is 0. The first kappa shape index (κ1) is 16.3. The van der Waals surface area contributed by atoms with Crippen molar-refractivity contribution in [1.29, 1.82) is 0 Å². The Morgan fingerprint density at radius 3 is 1.78 bits per heavy atom. The second-order valence-electron chi connectivity index (χ2n) is 6.66. The molecule has 120 valence electrons. The molecular formula is C22H28Si. The second kappa shape index (κ2) is 7.78. The molecule has 2 aliphatic rings. The minimum atomic E-state index is -1.24. The van der Waals surface area contributed by atoms with Gasteiger partial charge in [0.2, 0.25) is 0 Å². The van der Waals surface area contributed by atoms with E-state index in [1.165, 1.54) is 38.5 Å².